The first-order chi connectivity index (χ1) is 12.5. The van der Waals surface area contributed by atoms with Gasteiger partial charge in [-0.3, -0.25) is 9.59 Å². The molecule has 0 saturated heterocycles. The third kappa shape index (κ3) is 13.7. The molecule has 0 saturated carbocycles. The Morgan fingerprint density at radius 2 is 0.741 bits per heavy atom. The number of carbonyl (C=O) groups is 2. The van der Waals surface area contributed by atoms with Crippen LogP contribution in [-0.2, 0) is 9.59 Å². The van der Waals surface area contributed by atoms with Crippen LogP contribution in [0.3, 0.4) is 0 Å². The first kappa shape index (κ1) is 25.9. The fourth-order valence-electron chi connectivity index (χ4n) is 2.73. The summed E-state index contributed by atoms with van der Waals surface area (Å²) in [6.07, 6.45) is 3.97. The lowest BCUT2D eigenvalue weighted by Gasteiger charge is -2.28. The lowest BCUT2D eigenvalue weighted by atomic mass is 10.1. The zero-order valence-electron chi connectivity index (χ0n) is 19.4. The molecule has 4 nitrogen and oxygen atoms in total. The van der Waals surface area contributed by atoms with Gasteiger partial charge in [0.1, 0.15) is 6.42 Å². The van der Waals surface area contributed by atoms with E-state index in [4.69, 9.17) is 0 Å². The molecule has 2 amide bonds. The summed E-state index contributed by atoms with van der Waals surface area (Å²) in [4.78, 5) is 29.5. The van der Waals surface area contributed by atoms with Crippen LogP contribution >= 0.6 is 0 Å². The van der Waals surface area contributed by atoms with Gasteiger partial charge in [-0.1, -0.05) is 55.4 Å². The average Bonchev–Trinajstić information content (AvgIpc) is 2.53. The summed E-state index contributed by atoms with van der Waals surface area (Å²) in [5, 5.41) is 0. The molecular weight excluding hydrogens is 336 g/mol. The quantitative estimate of drug-likeness (QED) is 0.387. The number of amides is 2. The monoisotopic (exact) mass is 382 g/mol. The van der Waals surface area contributed by atoms with Gasteiger partial charge >= 0.3 is 0 Å². The second-order valence-electron chi connectivity index (χ2n) is 9.67. The van der Waals surface area contributed by atoms with Gasteiger partial charge in [-0.25, -0.2) is 0 Å². The van der Waals surface area contributed by atoms with Crippen molar-refractivity contribution in [2.75, 3.05) is 26.2 Å². The van der Waals surface area contributed by atoms with Crippen LogP contribution in [0.1, 0.15) is 87.5 Å². The van der Waals surface area contributed by atoms with Crippen molar-refractivity contribution < 1.29 is 9.59 Å². The molecule has 0 rings (SSSR count). The SMILES string of the molecule is CC(C)CCN(CCC(C)C)C(=O)CC(=O)N(CCC(C)C)CCC(C)C. The molecule has 27 heavy (non-hydrogen) atoms. The molecule has 0 unspecified atom stereocenters. The summed E-state index contributed by atoms with van der Waals surface area (Å²) < 4.78 is 0. The number of hydrogen-bond donors (Lipinski definition) is 0. The zero-order chi connectivity index (χ0) is 21.0. The molecule has 0 atom stereocenters. The molecule has 0 aromatic heterocycles. The zero-order valence-corrected chi connectivity index (χ0v) is 19.4. The third-order valence-corrected chi connectivity index (χ3v) is 4.91. The minimum atomic E-state index is 0.000365. The summed E-state index contributed by atoms with van der Waals surface area (Å²) in [6.45, 7) is 20.4. The normalized spacial score (nSPS) is 11.7. The van der Waals surface area contributed by atoms with Crippen molar-refractivity contribution in [3.63, 3.8) is 0 Å². The Labute approximate surface area is 169 Å². The van der Waals surface area contributed by atoms with E-state index >= 15 is 0 Å². The highest BCUT2D eigenvalue weighted by atomic mass is 16.2. The van der Waals surface area contributed by atoms with Crippen LogP contribution in [-0.4, -0.2) is 47.8 Å². The highest BCUT2D eigenvalue weighted by molar-refractivity contribution is 5.96. The molecule has 0 radical (unpaired) electrons. The predicted molar refractivity (Wildman–Crippen MR) is 116 cm³/mol. The molecule has 0 bridgehead atoms. The molecule has 4 heteroatoms. The van der Waals surface area contributed by atoms with Crippen LogP contribution < -0.4 is 0 Å². The van der Waals surface area contributed by atoms with E-state index in [1.165, 1.54) is 0 Å². The first-order valence-corrected chi connectivity index (χ1v) is 11.1. The number of hydrogen-bond acceptors (Lipinski definition) is 2. The highest BCUT2D eigenvalue weighted by Gasteiger charge is 2.22. The number of rotatable bonds is 14. The Morgan fingerprint density at radius 3 is 0.926 bits per heavy atom. The van der Waals surface area contributed by atoms with Crippen molar-refractivity contribution in [1.29, 1.82) is 0 Å². The van der Waals surface area contributed by atoms with E-state index in [-0.39, 0.29) is 18.2 Å². The van der Waals surface area contributed by atoms with E-state index in [0.29, 0.717) is 23.7 Å². The standard InChI is InChI=1S/C23H46N2O2/c1-18(2)9-13-24(14-10-19(3)4)22(26)17-23(27)25(15-11-20(5)6)16-12-21(7)8/h18-21H,9-17H2,1-8H3. The summed E-state index contributed by atoms with van der Waals surface area (Å²) in [7, 11) is 0. The molecule has 0 aliphatic heterocycles. The second kappa shape index (κ2) is 14.0. The summed E-state index contributed by atoms with van der Waals surface area (Å²) in [5.74, 6) is 2.24. The van der Waals surface area contributed by atoms with Crippen molar-refractivity contribution in [2.24, 2.45) is 23.7 Å². The van der Waals surface area contributed by atoms with Gasteiger partial charge in [0.25, 0.3) is 0 Å². The second-order valence-corrected chi connectivity index (χ2v) is 9.67. The van der Waals surface area contributed by atoms with Crippen LogP contribution in [0.4, 0.5) is 0 Å². The maximum absolute atomic E-state index is 12.8. The Hall–Kier alpha value is -1.06. The first-order valence-electron chi connectivity index (χ1n) is 11.1. The topological polar surface area (TPSA) is 40.6 Å². The van der Waals surface area contributed by atoms with Crippen LogP contribution in [0.15, 0.2) is 0 Å². The van der Waals surface area contributed by atoms with E-state index < -0.39 is 0 Å². The molecule has 0 fully saturated rings. The maximum atomic E-state index is 12.8. The smallest absolute Gasteiger partial charge is 0.232 e. The Bertz CT molecular complexity index is 355. The Balaban J connectivity index is 4.88. The fraction of sp³-hybridized carbons (Fsp3) is 0.913. The maximum Gasteiger partial charge on any atom is 0.232 e. The van der Waals surface area contributed by atoms with E-state index in [9.17, 15) is 9.59 Å². The molecule has 0 heterocycles. The third-order valence-electron chi connectivity index (χ3n) is 4.91. The molecule has 0 aliphatic rings. The van der Waals surface area contributed by atoms with Crippen molar-refractivity contribution in [3.05, 3.63) is 0 Å². The molecule has 0 aromatic rings. The highest BCUT2D eigenvalue weighted by Crippen LogP contribution is 2.12. The number of nitrogens with zero attached hydrogens (tertiary/aromatic N) is 2. The average molecular weight is 383 g/mol. The van der Waals surface area contributed by atoms with Gasteiger partial charge in [0.2, 0.25) is 11.8 Å². The van der Waals surface area contributed by atoms with Crippen LogP contribution in [0.5, 0.6) is 0 Å². The lowest BCUT2D eigenvalue weighted by Crippen LogP contribution is -2.40. The minimum absolute atomic E-state index is 0.000365. The minimum Gasteiger partial charge on any atom is -0.342 e. The van der Waals surface area contributed by atoms with E-state index in [1.807, 2.05) is 9.80 Å². The molecule has 0 aliphatic carbocycles. The van der Waals surface area contributed by atoms with Gasteiger partial charge < -0.3 is 9.80 Å². The lowest BCUT2D eigenvalue weighted by molar-refractivity contribution is -0.141. The van der Waals surface area contributed by atoms with E-state index in [2.05, 4.69) is 55.4 Å². The Morgan fingerprint density at radius 1 is 0.519 bits per heavy atom. The van der Waals surface area contributed by atoms with Crippen molar-refractivity contribution in [3.8, 4) is 0 Å². The van der Waals surface area contributed by atoms with Crippen LogP contribution in [0.2, 0.25) is 0 Å². The van der Waals surface area contributed by atoms with Crippen LogP contribution in [0, 0.1) is 23.7 Å². The van der Waals surface area contributed by atoms with Gasteiger partial charge in [0.05, 0.1) is 0 Å². The van der Waals surface area contributed by atoms with Crippen LogP contribution in [0.25, 0.3) is 0 Å². The molecular formula is C23H46N2O2. The van der Waals surface area contributed by atoms with Gasteiger partial charge in [-0.15, -0.1) is 0 Å². The van der Waals surface area contributed by atoms with Gasteiger partial charge in [0.15, 0.2) is 0 Å². The van der Waals surface area contributed by atoms with Crippen molar-refractivity contribution in [1.82, 2.24) is 9.80 Å². The summed E-state index contributed by atoms with van der Waals surface area (Å²) >= 11 is 0. The summed E-state index contributed by atoms with van der Waals surface area (Å²) in [5.41, 5.74) is 0. The Kier molecular flexibility index (Phi) is 13.5. The van der Waals surface area contributed by atoms with Gasteiger partial charge in [0, 0.05) is 26.2 Å². The molecule has 0 N–H and O–H groups in total. The molecule has 160 valence electrons. The summed E-state index contributed by atoms with van der Waals surface area (Å²) in [6, 6.07) is 0. The molecule has 0 spiro atoms. The van der Waals surface area contributed by atoms with Gasteiger partial charge in [-0.2, -0.15) is 0 Å². The van der Waals surface area contributed by atoms with Gasteiger partial charge in [-0.05, 0) is 49.4 Å². The van der Waals surface area contributed by atoms with Crippen molar-refractivity contribution in [2.45, 2.75) is 87.5 Å². The molecule has 0 aromatic carbocycles. The fourth-order valence-corrected chi connectivity index (χ4v) is 2.73. The van der Waals surface area contributed by atoms with E-state index in [0.717, 1.165) is 51.9 Å². The largest absolute Gasteiger partial charge is 0.342 e. The van der Waals surface area contributed by atoms with E-state index in [1.54, 1.807) is 0 Å². The predicted octanol–water partition coefficient (Wildman–Crippen LogP) is 5.22. The number of carbonyl (C=O) groups excluding carboxylic acids is 2. The van der Waals surface area contributed by atoms with Crippen molar-refractivity contribution >= 4 is 11.8 Å².